The normalized spacial score (nSPS) is 10.0. The third-order valence-electron chi connectivity index (χ3n) is 2.87. The Bertz CT molecular complexity index is 671. The molecule has 0 aliphatic heterocycles. The van der Waals surface area contributed by atoms with Crippen LogP contribution in [0.4, 0.5) is 5.69 Å². The van der Waals surface area contributed by atoms with Crippen molar-refractivity contribution in [3.05, 3.63) is 42.0 Å². The van der Waals surface area contributed by atoms with Crippen LogP contribution >= 0.6 is 0 Å². The van der Waals surface area contributed by atoms with Crippen LogP contribution < -0.4 is 25.7 Å². The van der Waals surface area contributed by atoms with Gasteiger partial charge in [0.1, 0.15) is 22.9 Å². The number of para-hydroxylation sites is 1. The zero-order valence-corrected chi connectivity index (χ0v) is 11.8. The van der Waals surface area contributed by atoms with Crippen molar-refractivity contribution in [1.29, 1.82) is 0 Å². The molecule has 0 spiro atoms. The molecule has 110 valence electrons. The van der Waals surface area contributed by atoms with Gasteiger partial charge in [0, 0.05) is 11.6 Å². The number of nitrogen functional groups attached to an aromatic ring is 1. The van der Waals surface area contributed by atoms with E-state index < -0.39 is 5.91 Å². The molecule has 1 amide bonds. The molecule has 6 nitrogen and oxygen atoms in total. The largest absolute Gasteiger partial charge is 0.497 e. The minimum Gasteiger partial charge on any atom is -0.497 e. The summed E-state index contributed by atoms with van der Waals surface area (Å²) in [6.45, 7) is 0. The first-order valence-corrected chi connectivity index (χ1v) is 6.14. The Morgan fingerprint density at radius 1 is 1.00 bits per heavy atom. The van der Waals surface area contributed by atoms with Crippen LogP contribution in [0.5, 0.6) is 23.0 Å². The monoisotopic (exact) mass is 288 g/mol. The fourth-order valence-electron chi connectivity index (χ4n) is 1.81. The highest BCUT2D eigenvalue weighted by Crippen LogP contribution is 2.35. The molecule has 6 heteroatoms. The smallest absolute Gasteiger partial charge is 0.248 e. The minimum atomic E-state index is -0.572. The molecular formula is C15H16N2O4. The lowest BCUT2D eigenvalue weighted by atomic mass is 10.2. The number of carbonyl (C=O) groups excluding carboxylic acids is 1. The van der Waals surface area contributed by atoms with Crippen molar-refractivity contribution in [2.45, 2.75) is 0 Å². The van der Waals surface area contributed by atoms with Crippen molar-refractivity contribution in [2.75, 3.05) is 20.0 Å². The number of hydrogen-bond acceptors (Lipinski definition) is 5. The van der Waals surface area contributed by atoms with Gasteiger partial charge < -0.3 is 25.7 Å². The second-order valence-electron chi connectivity index (χ2n) is 4.24. The van der Waals surface area contributed by atoms with E-state index in [1.165, 1.54) is 26.4 Å². The Hall–Kier alpha value is -2.89. The van der Waals surface area contributed by atoms with Gasteiger partial charge in [-0.25, -0.2) is 0 Å². The minimum absolute atomic E-state index is 0.283. The highest BCUT2D eigenvalue weighted by Gasteiger charge is 2.11. The van der Waals surface area contributed by atoms with Crippen LogP contribution in [0.15, 0.2) is 36.4 Å². The van der Waals surface area contributed by atoms with Crippen molar-refractivity contribution in [1.82, 2.24) is 0 Å². The van der Waals surface area contributed by atoms with E-state index in [1.807, 2.05) is 0 Å². The number of carbonyl (C=O) groups is 1. The van der Waals surface area contributed by atoms with Crippen LogP contribution in [0.2, 0.25) is 0 Å². The molecule has 0 radical (unpaired) electrons. The van der Waals surface area contributed by atoms with Crippen molar-refractivity contribution in [3.63, 3.8) is 0 Å². The zero-order valence-electron chi connectivity index (χ0n) is 11.8. The molecule has 0 fully saturated rings. The first kappa shape index (κ1) is 14.5. The lowest BCUT2D eigenvalue weighted by molar-refractivity contribution is 0.0999. The van der Waals surface area contributed by atoms with E-state index in [4.69, 9.17) is 25.7 Å². The molecule has 21 heavy (non-hydrogen) atoms. The van der Waals surface area contributed by atoms with Crippen LogP contribution in [0, 0.1) is 0 Å². The maximum absolute atomic E-state index is 11.3. The number of rotatable bonds is 5. The molecule has 0 heterocycles. The Labute approximate surface area is 122 Å². The quantitative estimate of drug-likeness (QED) is 0.822. The summed E-state index contributed by atoms with van der Waals surface area (Å²) >= 11 is 0. The molecule has 4 N–H and O–H groups in total. The zero-order chi connectivity index (χ0) is 15.4. The van der Waals surface area contributed by atoms with E-state index in [9.17, 15) is 4.79 Å². The summed E-state index contributed by atoms with van der Waals surface area (Å²) in [5, 5.41) is 0. The van der Waals surface area contributed by atoms with Gasteiger partial charge in [0.15, 0.2) is 5.75 Å². The van der Waals surface area contributed by atoms with Crippen molar-refractivity contribution in [3.8, 4) is 23.0 Å². The van der Waals surface area contributed by atoms with Crippen LogP contribution in [0.25, 0.3) is 0 Å². The average molecular weight is 288 g/mol. The summed E-state index contributed by atoms with van der Waals surface area (Å²) in [7, 11) is 3.01. The Kier molecular flexibility index (Phi) is 4.18. The number of hydrogen-bond donors (Lipinski definition) is 2. The maximum atomic E-state index is 11.3. The van der Waals surface area contributed by atoms with Crippen molar-refractivity contribution >= 4 is 11.6 Å². The molecular weight excluding hydrogens is 272 g/mol. The number of primary amides is 1. The molecule has 0 aliphatic rings. The summed E-state index contributed by atoms with van der Waals surface area (Å²) in [5.74, 6) is 1.20. The second-order valence-corrected chi connectivity index (χ2v) is 4.24. The first-order chi connectivity index (χ1) is 10.0. The lowest BCUT2D eigenvalue weighted by Crippen LogP contribution is -2.11. The van der Waals surface area contributed by atoms with Gasteiger partial charge in [-0.1, -0.05) is 6.07 Å². The second kappa shape index (κ2) is 6.04. The Morgan fingerprint density at radius 3 is 2.29 bits per heavy atom. The molecule has 0 saturated carbocycles. The lowest BCUT2D eigenvalue weighted by Gasteiger charge is -2.12. The summed E-state index contributed by atoms with van der Waals surface area (Å²) in [6, 6.07) is 9.85. The van der Waals surface area contributed by atoms with Crippen molar-refractivity contribution in [2.24, 2.45) is 5.73 Å². The highest BCUT2D eigenvalue weighted by atomic mass is 16.5. The highest BCUT2D eigenvalue weighted by molar-refractivity contribution is 5.93. The summed E-state index contributed by atoms with van der Waals surface area (Å²) in [6.07, 6.45) is 0. The van der Waals surface area contributed by atoms with Gasteiger partial charge in [-0.15, -0.1) is 0 Å². The molecule has 2 aromatic rings. The summed E-state index contributed by atoms with van der Waals surface area (Å²) in [5.41, 5.74) is 11.9. The summed E-state index contributed by atoms with van der Waals surface area (Å²) in [4.78, 5) is 11.3. The van der Waals surface area contributed by atoms with Gasteiger partial charge in [0.05, 0.1) is 14.2 Å². The van der Waals surface area contributed by atoms with Gasteiger partial charge in [-0.3, -0.25) is 4.79 Å². The number of amides is 1. The number of methoxy groups -OCH3 is 2. The molecule has 0 aromatic heterocycles. The fraction of sp³-hybridized carbons (Fsp3) is 0.133. The van der Waals surface area contributed by atoms with E-state index in [1.54, 1.807) is 24.3 Å². The predicted molar refractivity (Wildman–Crippen MR) is 79.0 cm³/mol. The van der Waals surface area contributed by atoms with E-state index in [0.29, 0.717) is 28.7 Å². The van der Waals surface area contributed by atoms with Gasteiger partial charge in [-0.2, -0.15) is 0 Å². The molecule has 0 saturated heterocycles. The van der Waals surface area contributed by atoms with Crippen LogP contribution in [0.3, 0.4) is 0 Å². The first-order valence-electron chi connectivity index (χ1n) is 6.14. The van der Waals surface area contributed by atoms with E-state index in [-0.39, 0.29) is 5.56 Å². The third-order valence-corrected chi connectivity index (χ3v) is 2.87. The fourth-order valence-corrected chi connectivity index (χ4v) is 1.81. The van der Waals surface area contributed by atoms with Gasteiger partial charge in [0.2, 0.25) is 5.91 Å². The predicted octanol–water partition coefficient (Wildman–Crippen LogP) is 2.18. The number of anilines is 1. The standard InChI is InChI=1S/C15H16N2O4/c1-19-10-6-9(15(17)18)7-11(8-10)21-13-5-3-4-12(20-2)14(13)16/h3-8H,16H2,1-2H3,(H2,17,18). The van der Waals surface area contributed by atoms with Gasteiger partial charge in [0.25, 0.3) is 0 Å². The Morgan fingerprint density at radius 2 is 1.67 bits per heavy atom. The number of benzene rings is 2. The third kappa shape index (κ3) is 3.17. The topological polar surface area (TPSA) is 96.8 Å². The van der Waals surface area contributed by atoms with Crippen LogP contribution in [-0.4, -0.2) is 20.1 Å². The molecule has 2 rings (SSSR count). The maximum Gasteiger partial charge on any atom is 0.248 e. The summed E-state index contributed by atoms with van der Waals surface area (Å²) < 4.78 is 15.9. The number of ether oxygens (including phenoxy) is 3. The van der Waals surface area contributed by atoms with E-state index >= 15 is 0 Å². The molecule has 0 bridgehead atoms. The van der Waals surface area contributed by atoms with Crippen molar-refractivity contribution < 1.29 is 19.0 Å². The average Bonchev–Trinajstić information content (AvgIpc) is 2.49. The van der Waals surface area contributed by atoms with E-state index in [0.717, 1.165) is 0 Å². The molecule has 2 aromatic carbocycles. The SMILES string of the molecule is COc1cc(Oc2cccc(OC)c2N)cc(C(N)=O)c1. The van der Waals surface area contributed by atoms with Crippen LogP contribution in [0.1, 0.15) is 10.4 Å². The Balaban J connectivity index is 2.39. The molecule has 0 aliphatic carbocycles. The van der Waals surface area contributed by atoms with Gasteiger partial charge >= 0.3 is 0 Å². The van der Waals surface area contributed by atoms with Gasteiger partial charge in [-0.05, 0) is 24.3 Å². The molecule has 0 unspecified atom stereocenters. The van der Waals surface area contributed by atoms with E-state index in [2.05, 4.69) is 0 Å². The number of nitrogens with two attached hydrogens (primary N) is 2. The van der Waals surface area contributed by atoms with Crippen LogP contribution in [-0.2, 0) is 0 Å². The molecule has 0 atom stereocenters.